The maximum Gasteiger partial charge on any atom is 0.316 e. The minimum atomic E-state index is -0.574. The standard InChI is InChI=1S/C29H28Br2N2O5/c1-13-4-5-17(8-14(13)2)32-12-16(10-22(32)34)29(37)38-18-6-7-21(15(3)9-18)33-27(35)23-19-11-20(24(23)28(33)36)26(31)25(19)30/h4-9,16,19-20,23-26H,10-12H2,1-3H3/t16-,19-,20-,23-,24-,25-,26+/m1/s1. The van der Waals surface area contributed by atoms with Crippen molar-refractivity contribution in [1.82, 2.24) is 0 Å². The molecule has 198 valence electrons. The van der Waals surface area contributed by atoms with Gasteiger partial charge in [0.25, 0.3) is 0 Å². The van der Waals surface area contributed by atoms with Gasteiger partial charge >= 0.3 is 5.97 Å². The van der Waals surface area contributed by atoms with Crippen LogP contribution in [0, 0.1) is 50.4 Å². The molecule has 2 aliphatic heterocycles. The number of ether oxygens (including phenoxy) is 1. The summed E-state index contributed by atoms with van der Waals surface area (Å²) in [6.07, 6.45) is 0.971. The van der Waals surface area contributed by atoms with Gasteiger partial charge in [-0.05, 0) is 86.1 Å². The van der Waals surface area contributed by atoms with Crippen LogP contribution in [0.15, 0.2) is 36.4 Å². The zero-order chi connectivity index (χ0) is 27.0. The molecule has 0 N–H and O–H groups in total. The second-order valence-corrected chi connectivity index (χ2v) is 13.2. The van der Waals surface area contributed by atoms with Gasteiger partial charge in [0.1, 0.15) is 5.75 Å². The number of fused-ring (bicyclic) bond motifs is 5. The third-order valence-corrected chi connectivity index (χ3v) is 12.1. The molecule has 2 bridgehead atoms. The molecule has 0 unspecified atom stereocenters. The van der Waals surface area contributed by atoms with Crippen LogP contribution in [0.4, 0.5) is 11.4 Å². The van der Waals surface area contributed by atoms with Crippen LogP contribution >= 0.6 is 31.9 Å². The van der Waals surface area contributed by atoms with Crippen molar-refractivity contribution >= 4 is 66.9 Å². The maximum absolute atomic E-state index is 13.4. The lowest BCUT2D eigenvalue weighted by Gasteiger charge is -2.28. The number of amides is 3. The van der Waals surface area contributed by atoms with Gasteiger partial charge < -0.3 is 9.64 Å². The van der Waals surface area contributed by atoms with E-state index in [4.69, 9.17) is 4.74 Å². The van der Waals surface area contributed by atoms with E-state index in [-0.39, 0.29) is 64.0 Å². The van der Waals surface area contributed by atoms with E-state index in [9.17, 15) is 19.2 Å². The highest BCUT2D eigenvalue weighted by molar-refractivity contribution is 9.12. The molecule has 3 amide bonds. The minimum Gasteiger partial charge on any atom is -0.426 e. The maximum atomic E-state index is 13.4. The molecule has 2 saturated carbocycles. The number of hydrogen-bond donors (Lipinski definition) is 0. The molecule has 38 heavy (non-hydrogen) atoms. The Balaban J connectivity index is 1.16. The summed E-state index contributed by atoms with van der Waals surface area (Å²) < 4.78 is 5.65. The molecule has 9 heteroatoms. The Morgan fingerprint density at radius 2 is 1.53 bits per heavy atom. The van der Waals surface area contributed by atoms with Gasteiger partial charge in [-0.2, -0.15) is 0 Å². The number of benzene rings is 2. The lowest BCUT2D eigenvalue weighted by molar-refractivity contribution is -0.139. The van der Waals surface area contributed by atoms with Crippen molar-refractivity contribution < 1.29 is 23.9 Å². The zero-order valence-corrected chi connectivity index (χ0v) is 24.5. The fourth-order valence-electron chi connectivity index (χ4n) is 6.74. The fraction of sp³-hybridized carbons (Fsp3) is 0.448. The highest BCUT2D eigenvalue weighted by Gasteiger charge is 2.66. The molecule has 2 aliphatic carbocycles. The van der Waals surface area contributed by atoms with Crippen molar-refractivity contribution in [3.8, 4) is 5.75 Å². The Labute approximate surface area is 238 Å². The summed E-state index contributed by atoms with van der Waals surface area (Å²) in [6.45, 7) is 6.08. The minimum absolute atomic E-state index is 0.0911. The zero-order valence-electron chi connectivity index (χ0n) is 21.3. The largest absolute Gasteiger partial charge is 0.426 e. The molecule has 4 aliphatic rings. The Morgan fingerprint density at radius 3 is 2.13 bits per heavy atom. The van der Waals surface area contributed by atoms with Crippen molar-refractivity contribution in [3.05, 3.63) is 53.1 Å². The molecular weight excluding hydrogens is 616 g/mol. The molecule has 0 spiro atoms. The predicted molar refractivity (Wildman–Crippen MR) is 150 cm³/mol. The number of rotatable bonds is 4. The van der Waals surface area contributed by atoms with Crippen LogP contribution in [-0.2, 0) is 19.2 Å². The van der Waals surface area contributed by atoms with E-state index >= 15 is 0 Å². The summed E-state index contributed by atoms with van der Waals surface area (Å²) in [5.74, 6) is -1.39. The van der Waals surface area contributed by atoms with Crippen LogP contribution in [-0.4, -0.2) is 39.9 Å². The Kier molecular flexibility index (Phi) is 6.30. The molecule has 0 aromatic heterocycles. The average Bonchev–Trinajstić information content (AvgIpc) is 3.59. The Bertz CT molecular complexity index is 1360. The third kappa shape index (κ3) is 3.87. The Hall–Kier alpha value is -2.52. The second-order valence-electron chi connectivity index (χ2n) is 11.1. The van der Waals surface area contributed by atoms with Crippen LogP contribution in [0.2, 0.25) is 0 Å². The summed E-state index contributed by atoms with van der Waals surface area (Å²) in [5.41, 5.74) is 4.21. The van der Waals surface area contributed by atoms with Crippen LogP contribution in [0.1, 0.15) is 29.5 Å². The number of aryl methyl sites for hydroxylation is 3. The van der Waals surface area contributed by atoms with Gasteiger partial charge in [-0.25, -0.2) is 4.90 Å². The normalized spacial score (nSPS) is 31.9. The molecule has 7 atom stereocenters. The summed E-state index contributed by atoms with van der Waals surface area (Å²) >= 11 is 7.44. The van der Waals surface area contributed by atoms with E-state index in [1.165, 1.54) is 4.90 Å². The number of carbonyl (C=O) groups excluding carboxylic acids is 4. The van der Waals surface area contributed by atoms with Crippen LogP contribution in [0.3, 0.4) is 0 Å². The molecule has 2 aromatic rings. The number of hydrogen-bond acceptors (Lipinski definition) is 5. The Morgan fingerprint density at radius 1 is 0.868 bits per heavy atom. The van der Waals surface area contributed by atoms with Crippen molar-refractivity contribution in [1.29, 1.82) is 0 Å². The van der Waals surface area contributed by atoms with E-state index in [1.807, 2.05) is 32.0 Å². The number of halogens is 2. The van der Waals surface area contributed by atoms with E-state index in [0.29, 0.717) is 17.0 Å². The average molecular weight is 644 g/mol. The van der Waals surface area contributed by atoms with Crippen molar-refractivity contribution in [3.63, 3.8) is 0 Å². The van der Waals surface area contributed by atoms with Crippen LogP contribution in [0.5, 0.6) is 5.75 Å². The molecule has 6 rings (SSSR count). The molecule has 7 nitrogen and oxygen atoms in total. The van der Waals surface area contributed by atoms with Crippen molar-refractivity contribution in [2.45, 2.75) is 43.3 Å². The monoisotopic (exact) mass is 642 g/mol. The first-order valence-corrected chi connectivity index (χ1v) is 14.8. The summed E-state index contributed by atoms with van der Waals surface area (Å²) in [5, 5.41) is 0. The molecule has 4 fully saturated rings. The third-order valence-electron chi connectivity index (χ3n) is 8.88. The number of carbonyl (C=O) groups is 4. The smallest absolute Gasteiger partial charge is 0.316 e. The first kappa shape index (κ1) is 25.7. The first-order chi connectivity index (χ1) is 18.1. The van der Waals surface area contributed by atoms with Crippen molar-refractivity contribution in [2.24, 2.45) is 29.6 Å². The fourth-order valence-corrected chi connectivity index (χ4v) is 8.61. The van der Waals surface area contributed by atoms with Gasteiger partial charge in [-0.1, -0.05) is 37.9 Å². The van der Waals surface area contributed by atoms with Gasteiger partial charge in [0.2, 0.25) is 17.7 Å². The van der Waals surface area contributed by atoms with Gasteiger partial charge in [-0.3, -0.25) is 19.2 Å². The number of imide groups is 1. The lowest BCUT2D eigenvalue weighted by Crippen LogP contribution is -2.37. The van der Waals surface area contributed by atoms with E-state index < -0.39 is 11.9 Å². The highest BCUT2D eigenvalue weighted by Crippen LogP contribution is 2.60. The summed E-state index contributed by atoms with van der Waals surface area (Å²) in [6, 6.07) is 10.8. The predicted octanol–water partition coefficient (Wildman–Crippen LogP) is 4.85. The highest BCUT2D eigenvalue weighted by atomic mass is 79.9. The van der Waals surface area contributed by atoms with Gasteiger partial charge in [0, 0.05) is 28.3 Å². The quantitative estimate of drug-likeness (QED) is 0.206. The van der Waals surface area contributed by atoms with E-state index in [2.05, 4.69) is 31.9 Å². The molecule has 2 aromatic carbocycles. The number of alkyl halides is 2. The van der Waals surface area contributed by atoms with E-state index in [0.717, 1.165) is 23.2 Å². The van der Waals surface area contributed by atoms with Crippen LogP contribution in [0.25, 0.3) is 0 Å². The second kappa shape index (κ2) is 9.30. The molecule has 0 radical (unpaired) electrons. The van der Waals surface area contributed by atoms with Gasteiger partial charge in [0.15, 0.2) is 0 Å². The number of anilines is 2. The molecule has 2 heterocycles. The topological polar surface area (TPSA) is 84.0 Å². The summed E-state index contributed by atoms with van der Waals surface area (Å²) in [4.78, 5) is 55.7. The SMILES string of the molecule is Cc1ccc(N2C[C@H](C(=O)Oc3ccc(N4C(=O)[C@@H]5[C@H]6C[C@@H]([C@@H](Br)[C@H]6Br)[C@H]5C4=O)c(C)c3)CC2=O)cc1C. The lowest BCUT2D eigenvalue weighted by atomic mass is 9.81. The molecule has 2 saturated heterocycles. The summed E-state index contributed by atoms with van der Waals surface area (Å²) in [7, 11) is 0. The van der Waals surface area contributed by atoms with Crippen LogP contribution < -0.4 is 14.5 Å². The number of nitrogens with zero attached hydrogens (tertiary/aromatic N) is 2. The van der Waals surface area contributed by atoms with Gasteiger partial charge in [0.05, 0.1) is 23.4 Å². The molecular formula is C29H28Br2N2O5. The van der Waals surface area contributed by atoms with E-state index in [1.54, 1.807) is 30.0 Å². The van der Waals surface area contributed by atoms with Crippen molar-refractivity contribution in [2.75, 3.05) is 16.3 Å². The van der Waals surface area contributed by atoms with Gasteiger partial charge in [-0.15, -0.1) is 0 Å². The first-order valence-electron chi connectivity index (χ1n) is 12.9. The number of esters is 1.